The molecule has 1 N–H and O–H groups in total. The van der Waals surface area contributed by atoms with Gasteiger partial charge in [-0.15, -0.1) is 0 Å². The number of benzene rings is 2. The summed E-state index contributed by atoms with van der Waals surface area (Å²) >= 11 is 3.46. The highest BCUT2D eigenvalue weighted by Gasteiger charge is 2.17. The number of likely N-dealkylation sites (N-methyl/N-ethyl adjacent to an activating group) is 2. The van der Waals surface area contributed by atoms with Gasteiger partial charge in [0.2, 0.25) is 11.8 Å². The lowest BCUT2D eigenvalue weighted by molar-refractivity contribution is -0.134. The summed E-state index contributed by atoms with van der Waals surface area (Å²) in [6, 6.07) is 11.6. The van der Waals surface area contributed by atoms with E-state index in [-0.39, 0.29) is 24.9 Å². The van der Waals surface area contributed by atoms with Gasteiger partial charge in [0.1, 0.15) is 5.75 Å². The minimum Gasteiger partial charge on any atom is -0.496 e. The number of para-hydroxylation sites is 1. The number of rotatable bonds is 8. The zero-order valence-electron chi connectivity index (χ0n) is 17.6. The third-order valence-electron chi connectivity index (χ3n) is 4.64. The summed E-state index contributed by atoms with van der Waals surface area (Å²) in [6.45, 7) is 4.64. The monoisotopic (exact) mass is 461 g/mol. The van der Waals surface area contributed by atoms with Crippen LogP contribution in [0.5, 0.6) is 5.75 Å². The summed E-state index contributed by atoms with van der Waals surface area (Å²) < 4.78 is 6.34. The summed E-state index contributed by atoms with van der Waals surface area (Å²) in [5.41, 5.74) is 3.77. The topological polar surface area (TPSA) is 61.9 Å². The van der Waals surface area contributed by atoms with E-state index in [2.05, 4.69) is 21.2 Å². The van der Waals surface area contributed by atoms with Crippen molar-refractivity contribution in [3.05, 3.63) is 57.6 Å². The predicted octanol–water partition coefficient (Wildman–Crippen LogP) is 3.60. The Labute approximate surface area is 181 Å². The Hall–Kier alpha value is -2.38. The number of nitrogens with one attached hydrogen (secondary N) is 1. The number of hydrogen-bond donors (Lipinski definition) is 1. The summed E-state index contributed by atoms with van der Waals surface area (Å²) in [4.78, 5) is 28.3. The fourth-order valence-electron chi connectivity index (χ4n) is 3.06. The maximum Gasteiger partial charge on any atom is 0.243 e. The molecular weight excluding hydrogens is 434 g/mol. The van der Waals surface area contributed by atoms with E-state index in [1.54, 1.807) is 14.2 Å². The summed E-state index contributed by atoms with van der Waals surface area (Å²) in [6.07, 6.45) is 0. The molecule has 0 aliphatic carbocycles. The van der Waals surface area contributed by atoms with E-state index < -0.39 is 0 Å². The van der Waals surface area contributed by atoms with Gasteiger partial charge in [-0.25, -0.2) is 0 Å². The molecule has 7 heteroatoms. The lowest BCUT2D eigenvalue weighted by atomic mass is 10.1. The Balaban J connectivity index is 1.91. The molecule has 2 amide bonds. The fraction of sp³-hybridized carbons (Fsp3) is 0.364. The predicted molar refractivity (Wildman–Crippen MR) is 119 cm³/mol. The van der Waals surface area contributed by atoms with Crippen molar-refractivity contribution in [3.63, 3.8) is 0 Å². The van der Waals surface area contributed by atoms with Gasteiger partial charge in [-0.1, -0.05) is 34.1 Å². The first-order valence-electron chi connectivity index (χ1n) is 9.32. The largest absolute Gasteiger partial charge is 0.496 e. The van der Waals surface area contributed by atoms with Crippen LogP contribution < -0.4 is 10.1 Å². The van der Waals surface area contributed by atoms with Crippen LogP contribution in [0, 0.1) is 13.8 Å². The molecule has 0 radical (unpaired) electrons. The van der Waals surface area contributed by atoms with Crippen LogP contribution in [-0.2, 0) is 16.1 Å². The highest BCUT2D eigenvalue weighted by Crippen LogP contribution is 2.24. The molecule has 0 saturated heterocycles. The average molecular weight is 462 g/mol. The van der Waals surface area contributed by atoms with Gasteiger partial charge in [-0.05, 0) is 50.2 Å². The maximum absolute atomic E-state index is 12.6. The van der Waals surface area contributed by atoms with Crippen molar-refractivity contribution in [1.82, 2.24) is 9.80 Å². The number of ether oxygens (including phenoxy) is 1. The molecule has 2 rings (SSSR count). The van der Waals surface area contributed by atoms with Gasteiger partial charge in [0.25, 0.3) is 0 Å². The van der Waals surface area contributed by atoms with Gasteiger partial charge in [0, 0.05) is 29.3 Å². The summed E-state index contributed by atoms with van der Waals surface area (Å²) in [7, 11) is 5.13. The molecule has 0 aromatic heterocycles. The number of aryl methyl sites for hydroxylation is 2. The molecule has 2 aromatic carbocycles. The van der Waals surface area contributed by atoms with Crippen LogP contribution in [0.3, 0.4) is 0 Å². The quantitative estimate of drug-likeness (QED) is 0.652. The van der Waals surface area contributed by atoms with Crippen LogP contribution in [0.2, 0.25) is 0 Å². The van der Waals surface area contributed by atoms with Gasteiger partial charge in [-0.2, -0.15) is 0 Å². The number of carbonyl (C=O) groups excluding carboxylic acids is 2. The third kappa shape index (κ3) is 6.58. The van der Waals surface area contributed by atoms with Crippen molar-refractivity contribution in [1.29, 1.82) is 0 Å². The minimum atomic E-state index is -0.213. The van der Waals surface area contributed by atoms with E-state index in [1.807, 2.05) is 62.2 Å². The first kappa shape index (κ1) is 22.9. The van der Waals surface area contributed by atoms with Gasteiger partial charge in [0.05, 0.1) is 20.2 Å². The third-order valence-corrected chi connectivity index (χ3v) is 5.13. The molecule has 0 spiro atoms. The molecule has 0 saturated carbocycles. The SMILES string of the molecule is COc1ccc(Br)cc1CN(C)CC(=O)N(C)CC(=O)Nc1c(C)cccc1C. The van der Waals surface area contributed by atoms with Gasteiger partial charge in [-0.3, -0.25) is 14.5 Å². The molecule has 0 fully saturated rings. The molecule has 2 aromatic rings. The molecule has 0 aliphatic heterocycles. The molecule has 0 bridgehead atoms. The number of carbonyl (C=O) groups is 2. The smallest absolute Gasteiger partial charge is 0.243 e. The molecule has 6 nitrogen and oxygen atoms in total. The maximum atomic E-state index is 12.6. The van der Waals surface area contributed by atoms with Crippen LogP contribution in [-0.4, -0.2) is 55.9 Å². The van der Waals surface area contributed by atoms with E-state index >= 15 is 0 Å². The van der Waals surface area contributed by atoms with Gasteiger partial charge in [0.15, 0.2) is 0 Å². The van der Waals surface area contributed by atoms with Crippen LogP contribution in [0.1, 0.15) is 16.7 Å². The highest BCUT2D eigenvalue weighted by atomic mass is 79.9. The number of nitrogens with zero attached hydrogens (tertiary/aromatic N) is 2. The molecule has 0 atom stereocenters. The van der Waals surface area contributed by atoms with Crippen LogP contribution in [0.15, 0.2) is 40.9 Å². The van der Waals surface area contributed by atoms with Crippen molar-refractivity contribution >= 4 is 33.4 Å². The lowest BCUT2D eigenvalue weighted by Crippen LogP contribution is -2.40. The van der Waals surface area contributed by atoms with E-state index in [0.717, 1.165) is 32.6 Å². The van der Waals surface area contributed by atoms with Crippen molar-refractivity contribution < 1.29 is 14.3 Å². The van der Waals surface area contributed by atoms with Crippen LogP contribution in [0.4, 0.5) is 5.69 Å². The van der Waals surface area contributed by atoms with Gasteiger partial charge >= 0.3 is 0 Å². The number of anilines is 1. The second kappa shape index (κ2) is 10.4. The van der Waals surface area contributed by atoms with Gasteiger partial charge < -0.3 is 15.0 Å². The van der Waals surface area contributed by atoms with Crippen molar-refractivity contribution in [3.8, 4) is 5.75 Å². The van der Waals surface area contributed by atoms with Crippen LogP contribution in [0.25, 0.3) is 0 Å². The second-order valence-electron chi connectivity index (χ2n) is 7.19. The normalized spacial score (nSPS) is 10.7. The minimum absolute atomic E-state index is 0.000649. The van der Waals surface area contributed by atoms with E-state index in [1.165, 1.54) is 4.90 Å². The average Bonchev–Trinajstić information content (AvgIpc) is 2.65. The van der Waals surface area contributed by atoms with Crippen molar-refractivity contribution in [2.45, 2.75) is 20.4 Å². The molecular formula is C22H28BrN3O3. The Bertz CT molecular complexity index is 865. The van der Waals surface area contributed by atoms with Crippen molar-refractivity contribution in [2.75, 3.05) is 39.6 Å². The zero-order valence-corrected chi connectivity index (χ0v) is 19.2. The van der Waals surface area contributed by atoms with E-state index in [9.17, 15) is 9.59 Å². The fourth-order valence-corrected chi connectivity index (χ4v) is 3.47. The van der Waals surface area contributed by atoms with Crippen LogP contribution >= 0.6 is 15.9 Å². The molecule has 0 heterocycles. The molecule has 29 heavy (non-hydrogen) atoms. The summed E-state index contributed by atoms with van der Waals surface area (Å²) in [5, 5.41) is 2.91. The Kier molecular flexibility index (Phi) is 8.22. The lowest BCUT2D eigenvalue weighted by Gasteiger charge is -2.22. The number of hydrogen-bond acceptors (Lipinski definition) is 4. The number of amides is 2. The number of methoxy groups -OCH3 is 1. The second-order valence-corrected chi connectivity index (χ2v) is 8.11. The number of halogens is 1. The highest BCUT2D eigenvalue weighted by molar-refractivity contribution is 9.10. The molecule has 156 valence electrons. The Morgan fingerprint density at radius 2 is 1.72 bits per heavy atom. The first-order chi connectivity index (χ1) is 13.7. The summed E-state index contributed by atoms with van der Waals surface area (Å²) in [5.74, 6) is 0.432. The Morgan fingerprint density at radius 1 is 1.07 bits per heavy atom. The van der Waals surface area contributed by atoms with E-state index in [0.29, 0.717) is 6.54 Å². The Morgan fingerprint density at radius 3 is 2.34 bits per heavy atom. The van der Waals surface area contributed by atoms with Crippen molar-refractivity contribution in [2.24, 2.45) is 0 Å². The zero-order chi connectivity index (χ0) is 21.6. The molecule has 0 aliphatic rings. The standard InChI is InChI=1S/C22H28BrN3O3/c1-15-7-6-8-16(2)22(15)24-20(27)13-26(4)21(28)14-25(3)12-17-11-18(23)9-10-19(17)29-5/h6-11H,12-14H2,1-5H3,(H,24,27). The molecule has 0 unspecified atom stereocenters. The first-order valence-corrected chi connectivity index (χ1v) is 10.1. The van der Waals surface area contributed by atoms with E-state index in [4.69, 9.17) is 4.74 Å².